The molecule has 4 nitrogen and oxygen atoms in total. The minimum Gasteiger partial charge on any atom is -0.389 e. The molecule has 0 aliphatic carbocycles. The van der Waals surface area contributed by atoms with Crippen LogP contribution in [0.4, 0.5) is 0 Å². The first kappa shape index (κ1) is 20.5. The largest absolute Gasteiger partial charge is 0.389 e. The Morgan fingerprint density at radius 2 is 0.933 bits per heavy atom. The van der Waals surface area contributed by atoms with Crippen LogP contribution in [0.2, 0.25) is 0 Å². The normalized spacial score (nSPS) is 10.5. The fourth-order valence-corrected chi connectivity index (χ4v) is 0. The van der Waals surface area contributed by atoms with E-state index in [1.54, 1.807) is 27.7 Å². The van der Waals surface area contributed by atoms with Crippen LogP contribution < -0.4 is 11.5 Å². The van der Waals surface area contributed by atoms with E-state index >= 15 is 0 Å². The van der Waals surface area contributed by atoms with Crippen LogP contribution in [-0.4, -0.2) is 11.7 Å². The molecule has 0 heterocycles. The molecule has 0 spiro atoms. The predicted octanol–water partition coefficient (Wildman–Crippen LogP) is 1.56. The summed E-state index contributed by atoms with van der Waals surface area (Å²) in [5.74, 6) is 0.264. The minimum atomic E-state index is -0.389. The van der Waals surface area contributed by atoms with Gasteiger partial charge in [-0.3, -0.25) is 10.8 Å². The SMILES string of the molecule is [CH2-]C(C)(C)C(=N)N.[CH2-]C(C)(C)C(=N)N.[Y]. The van der Waals surface area contributed by atoms with E-state index in [2.05, 4.69) is 13.8 Å². The van der Waals surface area contributed by atoms with Crippen molar-refractivity contribution in [2.24, 2.45) is 22.3 Å². The fourth-order valence-electron chi connectivity index (χ4n) is 0. The topological polar surface area (TPSA) is 99.7 Å². The Hall–Kier alpha value is 0.0439. The van der Waals surface area contributed by atoms with E-state index in [1.807, 2.05) is 0 Å². The second kappa shape index (κ2) is 7.34. The van der Waals surface area contributed by atoms with Crippen molar-refractivity contribution in [2.75, 3.05) is 0 Å². The van der Waals surface area contributed by atoms with Crippen LogP contribution in [0, 0.1) is 35.5 Å². The third-order valence-electron chi connectivity index (χ3n) is 1.46. The first-order valence-corrected chi connectivity index (χ1v) is 4.28. The average Bonchev–Trinajstić information content (AvgIpc) is 1.83. The van der Waals surface area contributed by atoms with Crippen LogP contribution >= 0.6 is 0 Å². The van der Waals surface area contributed by atoms with Crippen LogP contribution in [-0.2, 0) is 32.7 Å². The molecule has 0 aromatic carbocycles. The van der Waals surface area contributed by atoms with E-state index in [0.29, 0.717) is 0 Å². The zero-order chi connectivity index (χ0) is 12.2. The van der Waals surface area contributed by atoms with E-state index in [1.165, 1.54) is 0 Å². The number of hydrogen-bond donors (Lipinski definition) is 4. The van der Waals surface area contributed by atoms with Crippen LogP contribution in [0.3, 0.4) is 0 Å². The van der Waals surface area contributed by atoms with Gasteiger partial charge >= 0.3 is 0 Å². The van der Waals surface area contributed by atoms with Gasteiger partial charge in [-0.1, -0.05) is 27.7 Å². The van der Waals surface area contributed by atoms with Gasteiger partial charge in [0.05, 0.1) is 11.7 Å². The number of nitrogens with two attached hydrogens (primary N) is 2. The molecule has 0 amide bonds. The maximum absolute atomic E-state index is 6.86. The molecule has 0 aromatic rings. The van der Waals surface area contributed by atoms with E-state index in [9.17, 15) is 0 Å². The van der Waals surface area contributed by atoms with Crippen LogP contribution in [0.5, 0.6) is 0 Å². The summed E-state index contributed by atoms with van der Waals surface area (Å²) in [5.41, 5.74) is 9.40. The Labute approximate surface area is 118 Å². The standard InChI is InChI=1S/2C5H11N2.Y/c2*1-5(2,3)4(6)7;/h2*1H2,2-3H3,(H3,6,7);/q2*-1;. The zero-order valence-electron chi connectivity index (χ0n) is 10.1. The van der Waals surface area contributed by atoms with Gasteiger partial charge in [-0.25, -0.2) is 0 Å². The maximum Gasteiger partial charge on any atom is 0.0657 e. The second-order valence-corrected chi connectivity index (χ2v) is 4.60. The maximum atomic E-state index is 6.86. The van der Waals surface area contributed by atoms with E-state index in [0.717, 1.165) is 0 Å². The van der Waals surface area contributed by atoms with Crippen molar-refractivity contribution in [1.29, 1.82) is 10.8 Å². The van der Waals surface area contributed by atoms with Gasteiger partial charge in [0.15, 0.2) is 0 Å². The summed E-state index contributed by atoms with van der Waals surface area (Å²) in [4.78, 5) is 0. The first-order chi connectivity index (χ1) is 5.89. The Kier molecular flexibility index (Phi) is 10.0. The summed E-state index contributed by atoms with van der Waals surface area (Å²) in [6.45, 7) is 14.4. The Morgan fingerprint density at radius 1 is 0.867 bits per heavy atom. The van der Waals surface area contributed by atoms with Crippen molar-refractivity contribution in [3.63, 3.8) is 0 Å². The monoisotopic (exact) mass is 287 g/mol. The molecular weight excluding hydrogens is 265 g/mol. The summed E-state index contributed by atoms with van der Waals surface area (Å²) in [6.07, 6.45) is 0. The molecule has 0 aromatic heterocycles. The molecule has 6 N–H and O–H groups in total. The molecule has 0 saturated heterocycles. The molecule has 5 heteroatoms. The predicted molar refractivity (Wildman–Crippen MR) is 62.1 cm³/mol. The molecule has 0 aliphatic rings. The molecule has 0 fully saturated rings. The van der Waals surface area contributed by atoms with E-state index in [-0.39, 0.29) is 55.2 Å². The van der Waals surface area contributed by atoms with Gasteiger partial charge in [0.25, 0.3) is 0 Å². The fraction of sp³-hybridized carbons (Fsp3) is 0.600. The number of nitrogens with one attached hydrogen (secondary N) is 2. The van der Waals surface area contributed by atoms with E-state index < -0.39 is 0 Å². The van der Waals surface area contributed by atoms with Crippen LogP contribution in [0.15, 0.2) is 0 Å². The molecule has 0 saturated carbocycles. The van der Waals surface area contributed by atoms with Gasteiger partial charge < -0.3 is 25.3 Å². The van der Waals surface area contributed by atoms with Gasteiger partial charge in [-0.15, -0.1) is 10.8 Å². The molecule has 0 unspecified atom stereocenters. The summed E-state index contributed by atoms with van der Waals surface area (Å²) in [5, 5.41) is 13.7. The zero-order valence-corrected chi connectivity index (χ0v) is 13.0. The number of hydrogen-bond acceptors (Lipinski definition) is 2. The van der Waals surface area contributed by atoms with Crippen molar-refractivity contribution >= 4 is 11.7 Å². The van der Waals surface area contributed by atoms with E-state index in [4.69, 9.17) is 22.3 Å². The molecule has 15 heavy (non-hydrogen) atoms. The third-order valence-corrected chi connectivity index (χ3v) is 1.46. The Bertz CT molecular complexity index is 186. The number of rotatable bonds is 2. The van der Waals surface area contributed by atoms with Gasteiger partial charge in [0.2, 0.25) is 0 Å². The second-order valence-electron chi connectivity index (χ2n) is 4.60. The van der Waals surface area contributed by atoms with Crippen molar-refractivity contribution in [3.8, 4) is 0 Å². The van der Waals surface area contributed by atoms with Crippen LogP contribution in [0.1, 0.15) is 27.7 Å². The van der Waals surface area contributed by atoms with Crippen molar-refractivity contribution in [3.05, 3.63) is 13.8 Å². The number of amidine groups is 2. The molecule has 0 aliphatic heterocycles. The van der Waals surface area contributed by atoms with Gasteiger partial charge in [0, 0.05) is 32.7 Å². The summed E-state index contributed by atoms with van der Waals surface area (Å²) in [6, 6.07) is 0. The molecule has 87 valence electrons. The molecule has 1 radical (unpaired) electrons. The summed E-state index contributed by atoms with van der Waals surface area (Å²) >= 11 is 0. The van der Waals surface area contributed by atoms with Crippen molar-refractivity contribution < 1.29 is 32.7 Å². The average molecular weight is 287 g/mol. The van der Waals surface area contributed by atoms with Gasteiger partial charge in [-0.05, 0) is 0 Å². The Morgan fingerprint density at radius 3 is 0.933 bits per heavy atom. The third kappa shape index (κ3) is 14.0. The van der Waals surface area contributed by atoms with Gasteiger partial charge in [0.1, 0.15) is 0 Å². The molecule has 0 bridgehead atoms. The van der Waals surface area contributed by atoms with Gasteiger partial charge in [-0.2, -0.15) is 0 Å². The quantitative estimate of drug-likeness (QED) is 0.352. The smallest absolute Gasteiger partial charge is 0.0657 e. The minimum absolute atomic E-state index is 0. The summed E-state index contributed by atoms with van der Waals surface area (Å²) in [7, 11) is 0. The Balaban J connectivity index is -0.000000180. The molecular formula is C10H22N4Y-2. The van der Waals surface area contributed by atoms with Crippen molar-refractivity contribution in [2.45, 2.75) is 27.7 Å². The summed E-state index contributed by atoms with van der Waals surface area (Å²) < 4.78 is 0. The van der Waals surface area contributed by atoms with Crippen LogP contribution in [0.25, 0.3) is 0 Å². The van der Waals surface area contributed by atoms with Crippen molar-refractivity contribution in [1.82, 2.24) is 0 Å². The molecule has 0 rings (SSSR count). The molecule has 0 atom stereocenters. The first-order valence-electron chi connectivity index (χ1n) is 4.28.